The molecule has 0 saturated heterocycles. The molecule has 1 N–H and O–H groups in total. The Morgan fingerprint density at radius 1 is 1.14 bits per heavy atom. The van der Waals surface area contributed by atoms with E-state index in [1.807, 2.05) is 4.68 Å². The summed E-state index contributed by atoms with van der Waals surface area (Å²) < 4.78 is 2.00. The van der Waals surface area contributed by atoms with Gasteiger partial charge in [-0.05, 0) is 49.9 Å². The van der Waals surface area contributed by atoms with Gasteiger partial charge in [-0.2, -0.15) is 5.10 Å². The van der Waals surface area contributed by atoms with E-state index in [9.17, 15) is 0 Å². The summed E-state index contributed by atoms with van der Waals surface area (Å²) in [5, 5.41) is 7.81. The minimum Gasteiger partial charge on any atom is -0.310 e. The second-order valence-electron chi connectivity index (χ2n) is 6.24. The summed E-state index contributed by atoms with van der Waals surface area (Å²) in [5.74, 6) is 1.64. The van der Waals surface area contributed by atoms with Crippen molar-refractivity contribution in [3.8, 4) is 0 Å². The van der Waals surface area contributed by atoms with Crippen LogP contribution in [0.1, 0.15) is 41.9 Å². The Hall–Kier alpha value is -1.68. The fourth-order valence-corrected chi connectivity index (χ4v) is 2.64. The Balaban J connectivity index is 2.12. The Morgan fingerprint density at radius 3 is 2.43 bits per heavy atom. The van der Waals surface area contributed by atoms with Gasteiger partial charge >= 0.3 is 0 Å². The molecule has 2 aromatic rings. The molecule has 0 atom stereocenters. The molecule has 21 heavy (non-hydrogen) atoms. The van der Waals surface area contributed by atoms with Gasteiger partial charge in [0, 0.05) is 0 Å². The van der Waals surface area contributed by atoms with E-state index in [-0.39, 0.29) is 0 Å². The predicted molar refractivity (Wildman–Crippen MR) is 86.3 cm³/mol. The van der Waals surface area contributed by atoms with Gasteiger partial charge in [-0.15, -0.1) is 0 Å². The van der Waals surface area contributed by atoms with Crippen LogP contribution in [0, 0.1) is 26.7 Å². The van der Waals surface area contributed by atoms with Crippen LogP contribution >= 0.6 is 0 Å². The Bertz CT molecular complexity index is 576. The van der Waals surface area contributed by atoms with E-state index in [0.717, 1.165) is 25.5 Å². The highest BCUT2D eigenvalue weighted by molar-refractivity contribution is 5.37. The number of nitrogens with zero attached hydrogens (tertiary/aromatic N) is 3. The standard InChI is InChI=1S/C17H26N4/c1-12(2)8-18-9-17-19-11-20-21(17)10-16-14(4)6-13(3)7-15(16)5/h6-7,11-12,18H,8-10H2,1-5H3. The van der Waals surface area contributed by atoms with Crippen molar-refractivity contribution >= 4 is 0 Å². The first kappa shape index (κ1) is 15.7. The zero-order chi connectivity index (χ0) is 15.4. The van der Waals surface area contributed by atoms with Gasteiger partial charge in [0.05, 0.1) is 13.1 Å². The number of nitrogens with one attached hydrogen (secondary N) is 1. The number of rotatable bonds is 6. The summed E-state index contributed by atoms with van der Waals surface area (Å²) in [7, 11) is 0. The van der Waals surface area contributed by atoms with E-state index in [4.69, 9.17) is 0 Å². The summed E-state index contributed by atoms with van der Waals surface area (Å²) in [6.07, 6.45) is 1.64. The minimum atomic E-state index is 0.642. The lowest BCUT2D eigenvalue weighted by molar-refractivity contribution is 0.523. The molecule has 0 amide bonds. The number of hydrogen-bond donors (Lipinski definition) is 1. The number of aromatic nitrogens is 3. The number of hydrogen-bond acceptors (Lipinski definition) is 3. The monoisotopic (exact) mass is 286 g/mol. The molecule has 0 unspecified atom stereocenters. The van der Waals surface area contributed by atoms with Crippen molar-refractivity contribution in [2.24, 2.45) is 5.92 Å². The molecular formula is C17H26N4. The van der Waals surface area contributed by atoms with Gasteiger partial charge in [0.1, 0.15) is 12.2 Å². The highest BCUT2D eigenvalue weighted by atomic mass is 15.3. The van der Waals surface area contributed by atoms with Gasteiger partial charge in [-0.3, -0.25) is 0 Å². The minimum absolute atomic E-state index is 0.642. The first-order chi connectivity index (χ1) is 9.97. The normalized spacial score (nSPS) is 11.3. The molecule has 1 heterocycles. The fourth-order valence-electron chi connectivity index (χ4n) is 2.64. The van der Waals surface area contributed by atoms with Crippen molar-refractivity contribution in [2.75, 3.05) is 6.54 Å². The van der Waals surface area contributed by atoms with Crippen molar-refractivity contribution in [1.82, 2.24) is 20.1 Å². The zero-order valence-electron chi connectivity index (χ0n) is 13.8. The number of aryl methyl sites for hydroxylation is 3. The summed E-state index contributed by atoms with van der Waals surface area (Å²) in [6, 6.07) is 4.46. The molecule has 0 aliphatic rings. The van der Waals surface area contributed by atoms with Gasteiger partial charge in [0.25, 0.3) is 0 Å². The first-order valence-corrected chi connectivity index (χ1v) is 7.61. The lowest BCUT2D eigenvalue weighted by atomic mass is 10.00. The van der Waals surface area contributed by atoms with E-state index in [2.05, 4.69) is 62.2 Å². The van der Waals surface area contributed by atoms with Gasteiger partial charge < -0.3 is 5.32 Å². The van der Waals surface area contributed by atoms with Crippen LogP contribution in [0.5, 0.6) is 0 Å². The SMILES string of the molecule is Cc1cc(C)c(Cn2ncnc2CNCC(C)C)c(C)c1. The smallest absolute Gasteiger partial charge is 0.141 e. The second kappa shape index (κ2) is 6.85. The quantitative estimate of drug-likeness (QED) is 0.887. The van der Waals surface area contributed by atoms with Crippen LogP contribution < -0.4 is 5.32 Å². The first-order valence-electron chi connectivity index (χ1n) is 7.61. The summed E-state index contributed by atoms with van der Waals surface area (Å²) in [4.78, 5) is 4.38. The van der Waals surface area contributed by atoms with Crippen molar-refractivity contribution in [2.45, 2.75) is 47.7 Å². The third-order valence-corrected chi connectivity index (χ3v) is 3.68. The van der Waals surface area contributed by atoms with Crippen molar-refractivity contribution < 1.29 is 0 Å². The van der Waals surface area contributed by atoms with Gasteiger partial charge in [0.15, 0.2) is 0 Å². The average Bonchev–Trinajstić information content (AvgIpc) is 2.80. The van der Waals surface area contributed by atoms with Crippen LogP contribution in [-0.2, 0) is 13.1 Å². The topological polar surface area (TPSA) is 42.7 Å². The van der Waals surface area contributed by atoms with Crippen LogP contribution in [-0.4, -0.2) is 21.3 Å². The van der Waals surface area contributed by atoms with Crippen molar-refractivity contribution in [3.63, 3.8) is 0 Å². The molecule has 1 aromatic heterocycles. The van der Waals surface area contributed by atoms with Gasteiger partial charge in [-0.25, -0.2) is 9.67 Å². The van der Waals surface area contributed by atoms with E-state index < -0.39 is 0 Å². The molecule has 4 nitrogen and oxygen atoms in total. The van der Waals surface area contributed by atoms with Crippen molar-refractivity contribution in [3.05, 3.63) is 46.5 Å². The maximum absolute atomic E-state index is 4.38. The summed E-state index contributed by atoms with van der Waals surface area (Å²) >= 11 is 0. The molecule has 0 saturated carbocycles. The maximum atomic E-state index is 4.38. The molecule has 0 fully saturated rings. The Kier molecular flexibility index (Phi) is 5.12. The molecule has 2 rings (SSSR count). The van der Waals surface area contributed by atoms with E-state index in [0.29, 0.717) is 5.92 Å². The van der Waals surface area contributed by atoms with Gasteiger partial charge in [0.2, 0.25) is 0 Å². The molecule has 4 heteroatoms. The van der Waals surface area contributed by atoms with Crippen LogP contribution in [0.15, 0.2) is 18.5 Å². The van der Waals surface area contributed by atoms with E-state index >= 15 is 0 Å². The molecule has 1 aromatic carbocycles. The summed E-state index contributed by atoms with van der Waals surface area (Å²) in [6.45, 7) is 13.4. The highest BCUT2D eigenvalue weighted by Gasteiger charge is 2.09. The van der Waals surface area contributed by atoms with Crippen LogP contribution in [0.2, 0.25) is 0 Å². The molecule has 0 spiro atoms. The third-order valence-electron chi connectivity index (χ3n) is 3.68. The van der Waals surface area contributed by atoms with E-state index in [1.54, 1.807) is 6.33 Å². The third kappa shape index (κ3) is 4.14. The molecule has 114 valence electrons. The lowest BCUT2D eigenvalue weighted by Crippen LogP contribution is -2.22. The van der Waals surface area contributed by atoms with Gasteiger partial charge in [-0.1, -0.05) is 31.5 Å². The van der Waals surface area contributed by atoms with Crippen molar-refractivity contribution in [1.29, 1.82) is 0 Å². The predicted octanol–water partition coefficient (Wildman–Crippen LogP) is 3.00. The molecule has 0 radical (unpaired) electrons. The van der Waals surface area contributed by atoms with Crippen LogP contribution in [0.3, 0.4) is 0 Å². The summed E-state index contributed by atoms with van der Waals surface area (Å²) in [5.41, 5.74) is 5.30. The molecule has 0 bridgehead atoms. The van der Waals surface area contributed by atoms with E-state index in [1.165, 1.54) is 22.3 Å². The fraction of sp³-hybridized carbons (Fsp3) is 0.529. The second-order valence-corrected chi connectivity index (χ2v) is 6.24. The Labute approximate surface area is 127 Å². The molecule has 0 aliphatic carbocycles. The average molecular weight is 286 g/mol. The highest BCUT2D eigenvalue weighted by Crippen LogP contribution is 2.17. The lowest BCUT2D eigenvalue weighted by Gasteiger charge is -2.13. The largest absolute Gasteiger partial charge is 0.310 e. The molecule has 0 aliphatic heterocycles. The van der Waals surface area contributed by atoms with Crippen LogP contribution in [0.4, 0.5) is 0 Å². The molecular weight excluding hydrogens is 260 g/mol. The maximum Gasteiger partial charge on any atom is 0.141 e. The number of benzene rings is 1. The van der Waals surface area contributed by atoms with Crippen LogP contribution in [0.25, 0.3) is 0 Å². The zero-order valence-corrected chi connectivity index (χ0v) is 13.8. The Morgan fingerprint density at radius 2 is 1.81 bits per heavy atom.